The Bertz CT molecular complexity index is 268. The smallest absolute Gasteiger partial charge is 0.213 e. The Labute approximate surface area is 106 Å². The SMILES string of the molecule is CCCS(=O)(=O)N(C)CCC(N)C(C)C.Cl. The van der Waals surface area contributed by atoms with Crippen molar-refractivity contribution in [1.29, 1.82) is 0 Å². The van der Waals surface area contributed by atoms with Gasteiger partial charge in [-0.1, -0.05) is 20.8 Å². The third kappa shape index (κ3) is 6.68. The van der Waals surface area contributed by atoms with Crippen LogP contribution >= 0.6 is 12.4 Å². The first-order chi connectivity index (χ1) is 6.81. The second-order valence-corrected chi connectivity index (χ2v) is 6.53. The molecule has 0 aromatic carbocycles. The van der Waals surface area contributed by atoms with Crippen LogP contribution in [0.15, 0.2) is 0 Å². The first-order valence-electron chi connectivity index (χ1n) is 5.50. The lowest BCUT2D eigenvalue weighted by Crippen LogP contribution is -2.35. The first-order valence-corrected chi connectivity index (χ1v) is 7.11. The minimum atomic E-state index is -3.05. The number of rotatable bonds is 7. The fourth-order valence-electron chi connectivity index (χ4n) is 1.22. The Balaban J connectivity index is 0. The zero-order chi connectivity index (χ0) is 12.1. The Morgan fingerprint density at radius 1 is 1.31 bits per heavy atom. The van der Waals surface area contributed by atoms with E-state index in [0.29, 0.717) is 18.9 Å². The molecule has 0 aliphatic heterocycles. The van der Waals surface area contributed by atoms with Crippen LogP contribution < -0.4 is 5.73 Å². The molecule has 0 aliphatic carbocycles. The molecule has 0 fully saturated rings. The molecule has 0 heterocycles. The molecule has 0 aliphatic rings. The number of nitrogens with two attached hydrogens (primary N) is 1. The molecule has 1 atom stereocenters. The summed E-state index contributed by atoms with van der Waals surface area (Å²) < 4.78 is 24.6. The van der Waals surface area contributed by atoms with E-state index in [1.165, 1.54) is 4.31 Å². The molecule has 1 unspecified atom stereocenters. The van der Waals surface area contributed by atoms with Crippen molar-refractivity contribution in [3.63, 3.8) is 0 Å². The summed E-state index contributed by atoms with van der Waals surface area (Å²) in [5.41, 5.74) is 5.86. The summed E-state index contributed by atoms with van der Waals surface area (Å²) in [5, 5.41) is 0. The molecule has 2 N–H and O–H groups in total. The molecular weight excluding hydrogens is 248 g/mol. The average molecular weight is 273 g/mol. The quantitative estimate of drug-likeness (QED) is 0.763. The summed E-state index contributed by atoms with van der Waals surface area (Å²) in [5.74, 6) is 0.618. The molecule has 0 amide bonds. The summed E-state index contributed by atoms with van der Waals surface area (Å²) in [6, 6.07) is 0.0734. The Morgan fingerprint density at radius 3 is 2.19 bits per heavy atom. The highest BCUT2D eigenvalue weighted by Gasteiger charge is 2.17. The Hall–Kier alpha value is 0.160. The lowest BCUT2D eigenvalue weighted by molar-refractivity contribution is 0.397. The zero-order valence-corrected chi connectivity index (χ0v) is 12.3. The predicted molar refractivity (Wildman–Crippen MR) is 71.4 cm³/mol. The summed E-state index contributed by atoms with van der Waals surface area (Å²) in [7, 11) is -1.43. The van der Waals surface area contributed by atoms with E-state index in [-0.39, 0.29) is 24.2 Å². The van der Waals surface area contributed by atoms with Gasteiger partial charge in [-0.05, 0) is 18.8 Å². The van der Waals surface area contributed by atoms with Gasteiger partial charge in [-0.25, -0.2) is 12.7 Å². The minimum absolute atomic E-state index is 0. The van der Waals surface area contributed by atoms with E-state index >= 15 is 0 Å². The third-order valence-corrected chi connectivity index (χ3v) is 4.63. The number of hydrogen-bond donors (Lipinski definition) is 1. The van der Waals surface area contributed by atoms with Gasteiger partial charge in [-0.2, -0.15) is 0 Å². The van der Waals surface area contributed by atoms with Crippen molar-refractivity contribution in [2.75, 3.05) is 19.3 Å². The van der Waals surface area contributed by atoms with Crippen molar-refractivity contribution < 1.29 is 8.42 Å². The maximum Gasteiger partial charge on any atom is 0.213 e. The highest BCUT2D eigenvalue weighted by molar-refractivity contribution is 7.89. The molecule has 0 rings (SSSR count). The van der Waals surface area contributed by atoms with Gasteiger partial charge in [-0.3, -0.25) is 0 Å². The van der Waals surface area contributed by atoms with E-state index in [1.807, 2.05) is 20.8 Å². The largest absolute Gasteiger partial charge is 0.327 e. The average Bonchev–Trinajstić information content (AvgIpc) is 2.13. The monoisotopic (exact) mass is 272 g/mol. The topological polar surface area (TPSA) is 63.4 Å². The van der Waals surface area contributed by atoms with Gasteiger partial charge in [-0.15, -0.1) is 12.4 Å². The van der Waals surface area contributed by atoms with Crippen LogP contribution in [0, 0.1) is 5.92 Å². The van der Waals surface area contributed by atoms with Gasteiger partial charge < -0.3 is 5.73 Å². The molecule has 0 bridgehead atoms. The highest BCUT2D eigenvalue weighted by atomic mass is 35.5. The molecule has 0 saturated heterocycles. The number of halogens is 1. The molecule has 4 nitrogen and oxygen atoms in total. The second-order valence-electron chi connectivity index (χ2n) is 4.33. The number of sulfonamides is 1. The van der Waals surface area contributed by atoms with Gasteiger partial charge in [0.05, 0.1) is 5.75 Å². The van der Waals surface area contributed by atoms with Crippen molar-refractivity contribution in [1.82, 2.24) is 4.31 Å². The van der Waals surface area contributed by atoms with Crippen molar-refractivity contribution in [2.45, 2.75) is 39.7 Å². The van der Waals surface area contributed by atoms with Crippen LogP contribution in [0.5, 0.6) is 0 Å². The fourth-order valence-corrected chi connectivity index (χ4v) is 2.43. The Morgan fingerprint density at radius 2 is 1.81 bits per heavy atom. The Kier molecular flexibility index (Phi) is 9.59. The van der Waals surface area contributed by atoms with E-state index in [2.05, 4.69) is 0 Å². The van der Waals surface area contributed by atoms with E-state index in [4.69, 9.17) is 5.73 Å². The van der Waals surface area contributed by atoms with E-state index in [0.717, 1.165) is 6.42 Å². The van der Waals surface area contributed by atoms with Crippen LogP contribution in [-0.2, 0) is 10.0 Å². The molecule has 100 valence electrons. The van der Waals surface area contributed by atoms with Gasteiger partial charge in [0.15, 0.2) is 0 Å². The van der Waals surface area contributed by atoms with E-state index in [9.17, 15) is 8.42 Å². The standard InChI is InChI=1S/C10H24N2O2S.ClH/c1-5-8-15(13,14)12(4)7-6-10(11)9(2)3;/h9-10H,5-8,11H2,1-4H3;1H. The van der Waals surface area contributed by atoms with Crippen LogP contribution in [0.1, 0.15) is 33.6 Å². The van der Waals surface area contributed by atoms with Crippen LogP contribution in [0.2, 0.25) is 0 Å². The summed E-state index contributed by atoms with van der Waals surface area (Å²) >= 11 is 0. The molecule has 0 spiro atoms. The maximum absolute atomic E-state index is 11.6. The van der Waals surface area contributed by atoms with Crippen LogP contribution in [0.3, 0.4) is 0 Å². The molecular formula is C10H25ClN2O2S. The lowest BCUT2D eigenvalue weighted by atomic mass is 10.0. The van der Waals surface area contributed by atoms with Crippen molar-refractivity contribution in [2.24, 2.45) is 11.7 Å². The molecule has 0 radical (unpaired) electrons. The van der Waals surface area contributed by atoms with Crippen LogP contribution in [0.4, 0.5) is 0 Å². The molecule has 0 saturated carbocycles. The first kappa shape index (κ1) is 18.5. The number of hydrogen-bond acceptors (Lipinski definition) is 3. The van der Waals surface area contributed by atoms with E-state index in [1.54, 1.807) is 7.05 Å². The molecule has 6 heteroatoms. The summed E-state index contributed by atoms with van der Waals surface area (Å²) in [4.78, 5) is 0. The van der Waals surface area contributed by atoms with Crippen LogP contribution in [0.25, 0.3) is 0 Å². The summed E-state index contributed by atoms with van der Waals surface area (Å²) in [6.07, 6.45) is 1.38. The zero-order valence-electron chi connectivity index (χ0n) is 10.6. The molecule has 0 aromatic heterocycles. The highest BCUT2D eigenvalue weighted by Crippen LogP contribution is 2.06. The van der Waals surface area contributed by atoms with Crippen molar-refractivity contribution >= 4 is 22.4 Å². The van der Waals surface area contributed by atoms with Crippen LogP contribution in [-0.4, -0.2) is 38.1 Å². The number of nitrogens with zero attached hydrogens (tertiary/aromatic N) is 1. The normalized spacial score (nSPS) is 13.9. The third-order valence-electron chi connectivity index (χ3n) is 2.57. The van der Waals surface area contributed by atoms with Crippen molar-refractivity contribution in [3.05, 3.63) is 0 Å². The van der Waals surface area contributed by atoms with Gasteiger partial charge in [0.25, 0.3) is 0 Å². The molecule has 16 heavy (non-hydrogen) atoms. The fraction of sp³-hybridized carbons (Fsp3) is 1.00. The second kappa shape index (κ2) is 8.28. The summed E-state index contributed by atoms with van der Waals surface area (Å²) in [6.45, 7) is 6.48. The van der Waals surface area contributed by atoms with E-state index < -0.39 is 10.0 Å². The van der Waals surface area contributed by atoms with Gasteiger partial charge >= 0.3 is 0 Å². The minimum Gasteiger partial charge on any atom is -0.327 e. The lowest BCUT2D eigenvalue weighted by Gasteiger charge is -2.21. The predicted octanol–water partition coefficient (Wildman–Crippen LogP) is 1.45. The molecule has 0 aromatic rings. The van der Waals surface area contributed by atoms with Crippen molar-refractivity contribution in [3.8, 4) is 0 Å². The van der Waals surface area contributed by atoms with Gasteiger partial charge in [0.2, 0.25) is 10.0 Å². The van der Waals surface area contributed by atoms with Gasteiger partial charge in [0, 0.05) is 19.6 Å². The maximum atomic E-state index is 11.6. The van der Waals surface area contributed by atoms with Gasteiger partial charge in [0.1, 0.15) is 0 Å².